The number of thiocarbonyl (C=S) groups is 1. The van der Waals surface area contributed by atoms with Gasteiger partial charge < -0.3 is 23.7 Å². The Morgan fingerprint density at radius 2 is 1.50 bits per heavy atom. The van der Waals surface area contributed by atoms with Crippen molar-refractivity contribution < 1.29 is 48.3 Å². The summed E-state index contributed by atoms with van der Waals surface area (Å²) in [6.45, 7) is -3.70. The topological polar surface area (TPSA) is 127 Å². The second kappa shape index (κ2) is 9.95. The molecule has 10 nitrogen and oxygen atoms in total. The Hall–Kier alpha value is -2.36. The van der Waals surface area contributed by atoms with E-state index < -0.39 is 88.7 Å². The van der Waals surface area contributed by atoms with Gasteiger partial charge in [-0.3, -0.25) is 19.2 Å². The number of aliphatic imine (C=N–C) groups is 1. The molecule has 0 amide bonds. The zero-order valence-electron chi connectivity index (χ0n) is 17.5. The standard InChI is InChI=1S/C15H19NO9S/c1-7(17)21-5-11-12(22-8(2)18)13(23-9(3)19)14(24-10(4)20)15(25-11)16-6-26/h11-15H,5H2,1-4H3/t11-,12+,13+,14-,15?/m1/s1/i1D,2D,3D,4D. The van der Waals surface area contributed by atoms with Crippen LogP contribution >= 0.6 is 12.2 Å². The predicted octanol–water partition coefficient (Wildman–Crippen LogP) is 0.172. The van der Waals surface area contributed by atoms with Crippen molar-refractivity contribution >= 4 is 41.3 Å². The number of rotatable bonds is 6. The fraction of sp³-hybridized carbons (Fsp3) is 0.667. The van der Waals surface area contributed by atoms with Crippen LogP contribution in [0.4, 0.5) is 0 Å². The number of isothiocyanates is 1. The van der Waals surface area contributed by atoms with Crippen molar-refractivity contribution in [2.75, 3.05) is 6.61 Å². The van der Waals surface area contributed by atoms with E-state index >= 15 is 0 Å². The first-order valence-electron chi connectivity index (χ1n) is 9.77. The second-order valence-electron chi connectivity index (χ2n) is 4.83. The summed E-state index contributed by atoms with van der Waals surface area (Å²) in [4.78, 5) is 50.2. The largest absolute Gasteiger partial charge is 0.463 e. The first-order chi connectivity index (χ1) is 14.3. The van der Waals surface area contributed by atoms with E-state index in [0.29, 0.717) is 0 Å². The highest BCUT2D eigenvalue weighted by Gasteiger charge is 2.52. The number of hydrogen-bond acceptors (Lipinski definition) is 11. The highest BCUT2D eigenvalue weighted by atomic mass is 32.1. The fourth-order valence-electron chi connectivity index (χ4n) is 2.22. The molecule has 1 rings (SSSR count). The summed E-state index contributed by atoms with van der Waals surface area (Å²) in [6, 6.07) is 0. The van der Waals surface area contributed by atoms with Crippen LogP contribution in [0.15, 0.2) is 4.99 Å². The molecule has 1 heterocycles. The highest BCUT2D eigenvalue weighted by Crippen LogP contribution is 2.29. The molecule has 26 heavy (non-hydrogen) atoms. The van der Waals surface area contributed by atoms with Crippen LogP contribution in [0.1, 0.15) is 33.1 Å². The average Bonchev–Trinajstić information content (AvgIpc) is 2.75. The molecule has 0 radical (unpaired) electrons. The summed E-state index contributed by atoms with van der Waals surface area (Å²) in [5.41, 5.74) is 0. The van der Waals surface area contributed by atoms with E-state index in [1.807, 2.05) is 5.16 Å². The maximum Gasteiger partial charge on any atom is 0.303 e. The number of carbonyl (C=O) groups excluding carboxylic acids is 4. The number of nitrogens with zero attached hydrogens (tertiary/aromatic N) is 1. The predicted molar refractivity (Wildman–Crippen MR) is 87.0 cm³/mol. The summed E-state index contributed by atoms with van der Waals surface area (Å²) < 4.78 is 54.0. The van der Waals surface area contributed by atoms with Gasteiger partial charge in [0.1, 0.15) is 12.7 Å². The number of ether oxygens (including phenoxy) is 5. The van der Waals surface area contributed by atoms with Gasteiger partial charge in [0, 0.05) is 33.1 Å². The Kier molecular flexibility index (Phi) is 6.07. The Bertz CT molecular complexity index is 691. The Morgan fingerprint density at radius 1 is 0.962 bits per heavy atom. The molecule has 0 aromatic carbocycles. The minimum atomic E-state index is -1.58. The zero-order chi connectivity index (χ0) is 22.7. The summed E-state index contributed by atoms with van der Waals surface area (Å²) >= 11 is 4.53. The molecule has 1 unspecified atom stereocenters. The third-order valence-electron chi connectivity index (χ3n) is 3.00. The van der Waals surface area contributed by atoms with Crippen LogP contribution in [0.5, 0.6) is 0 Å². The lowest BCUT2D eigenvalue weighted by molar-refractivity contribution is -0.250. The second-order valence-corrected chi connectivity index (χ2v) is 5.01. The van der Waals surface area contributed by atoms with Crippen LogP contribution in [0.2, 0.25) is 0 Å². The van der Waals surface area contributed by atoms with Crippen LogP contribution in [-0.2, 0) is 42.9 Å². The summed E-state index contributed by atoms with van der Waals surface area (Å²) in [5.74, 6) is -4.12. The van der Waals surface area contributed by atoms with Gasteiger partial charge in [0.15, 0.2) is 24.5 Å². The van der Waals surface area contributed by atoms with Gasteiger partial charge in [-0.2, -0.15) is 4.99 Å². The quantitative estimate of drug-likeness (QED) is 0.267. The minimum absolute atomic E-state index is 0.564. The zero-order valence-corrected chi connectivity index (χ0v) is 14.3. The fourth-order valence-corrected chi connectivity index (χ4v) is 2.32. The van der Waals surface area contributed by atoms with Gasteiger partial charge in [0.25, 0.3) is 0 Å². The smallest absolute Gasteiger partial charge is 0.303 e. The van der Waals surface area contributed by atoms with Gasteiger partial charge in [-0.05, 0) is 12.2 Å². The summed E-state index contributed by atoms with van der Waals surface area (Å²) in [5, 5.41) is 2.00. The lowest BCUT2D eigenvalue weighted by Gasteiger charge is -2.42. The first kappa shape index (κ1) is 15.9. The number of hydrogen-bond donors (Lipinski definition) is 0. The van der Waals surface area contributed by atoms with E-state index in [9.17, 15) is 19.2 Å². The first-order valence-corrected chi connectivity index (χ1v) is 7.35. The van der Waals surface area contributed by atoms with Crippen molar-refractivity contribution in [3.63, 3.8) is 0 Å². The normalized spacial score (nSPS) is 29.5. The summed E-state index contributed by atoms with van der Waals surface area (Å²) in [7, 11) is 0. The van der Waals surface area contributed by atoms with Gasteiger partial charge >= 0.3 is 23.9 Å². The molecule has 1 fully saturated rings. The lowest BCUT2D eigenvalue weighted by atomic mass is 9.97. The van der Waals surface area contributed by atoms with Crippen LogP contribution in [-0.4, -0.2) is 66.3 Å². The molecule has 0 spiro atoms. The van der Waals surface area contributed by atoms with Crippen LogP contribution in [0.3, 0.4) is 0 Å². The molecule has 1 aliphatic heterocycles. The molecular weight excluding hydrogens is 370 g/mol. The number of esters is 4. The molecule has 0 N–H and O–H groups in total. The van der Waals surface area contributed by atoms with Crippen molar-refractivity contribution in [3.05, 3.63) is 0 Å². The van der Waals surface area contributed by atoms with E-state index in [1.165, 1.54) is 0 Å². The summed E-state index contributed by atoms with van der Waals surface area (Å²) in [6.07, 6.45) is -7.41. The SMILES string of the molecule is [2H]CC(=O)OC[C@H]1OC(N=C=S)[C@H](OC(=O)C[2H])[C@@H](OC(=O)C[2H])[C@H]1OC(=O)C[2H]. The average molecular weight is 393 g/mol. The molecule has 11 heteroatoms. The highest BCUT2D eigenvalue weighted by molar-refractivity contribution is 7.78. The molecule has 1 saturated heterocycles. The third kappa shape index (κ3) is 6.51. The van der Waals surface area contributed by atoms with E-state index in [4.69, 9.17) is 29.2 Å². The Balaban J connectivity index is 3.35. The molecule has 0 bridgehead atoms. The van der Waals surface area contributed by atoms with Crippen LogP contribution in [0.25, 0.3) is 0 Å². The molecule has 1 aliphatic rings. The minimum Gasteiger partial charge on any atom is -0.463 e. The van der Waals surface area contributed by atoms with Gasteiger partial charge in [-0.15, -0.1) is 0 Å². The van der Waals surface area contributed by atoms with Crippen molar-refractivity contribution in [1.29, 1.82) is 0 Å². The van der Waals surface area contributed by atoms with Crippen molar-refractivity contribution in [1.82, 2.24) is 0 Å². The van der Waals surface area contributed by atoms with Crippen molar-refractivity contribution in [2.24, 2.45) is 4.99 Å². The van der Waals surface area contributed by atoms with Crippen LogP contribution in [0, 0.1) is 0 Å². The molecule has 144 valence electrons. The van der Waals surface area contributed by atoms with E-state index in [1.54, 1.807) is 0 Å². The monoisotopic (exact) mass is 393 g/mol. The van der Waals surface area contributed by atoms with Crippen molar-refractivity contribution in [2.45, 2.75) is 58.2 Å². The molecule has 5 atom stereocenters. The molecule has 0 aliphatic carbocycles. The van der Waals surface area contributed by atoms with E-state index in [0.717, 1.165) is 0 Å². The molecule has 0 saturated carbocycles. The Labute approximate surface area is 160 Å². The van der Waals surface area contributed by atoms with Crippen LogP contribution < -0.4 is 0 Å². The van der Waals surface area contributed by atoms with Gasteiger partial charge in [0.05, 0.1) is 5.16 Å². The van der Waals surface area contributed by atoms with Crippen molar-refractivity contribution in [3.8, 4) is 0 Å². The van der Waals surface area contributed by atoms with E-state index in [-0.39, 0.29) is 0 Å². The molecule has 0 aromatic heterocycles. The van der Waals surface area contributed by atoms with Gasteiger partial charge in [0.2, 0.25) is 0 Å². The third-order valence-corrected chi connectivity index (χ3v) is 3.11. The molecular formula is C15H19NO9S. The maximum absolute atomic E-state index is 11.8. The Morgan fingerprint density at radius 3 is 2.04 bits per heavy atom. The maximum atomic E-state index is 11.8. The van der Waals surface area contributed by atoms with Gasteiger partial charge in [-0.1, -0.05) is 0 Å². The number of carbonyl (C=O) groups is 4. The lowest BCUT2D eigenvalue weighted by Crippen LogP contribution is -2.61. The van der Waals surface area contributed by atoms with E-state index in [2.05, 4.69) is 17.2 Å². The molecule has 0 aromatic rings. The van der Waals surface area contributed by atoms with Gasteiger partial charge in [-0.25, -0.2) is 0 Å².